The first kappa shape index (κ1) is 21.5. The van der Waals surface area contributed by atoms with Crippen molar-refractivity contribution >= 4 is 31.7 Å². The summed E-state index contributed by atoms with van der Waals surface area (Å²) in [5.41, 5.74) is 1.21. The largest absolute Gasteiger partial charge is 0.497 e. The van der Waals surface area contributed by atoms with Crippen LogP contribution in [0.15, 0.2) is 30.5 Å². The van der Waals surface area contributed by atoms with Gasteiger partial charge in [-0.25, -0.2) is 0 Å². The van der Waals surface area contributed by atoms with Gasteiger partial charge < -0.3 is 13.7 Å². The molecule has 1 saturated heterocycles. The molecule has 0 radical (unpaired) electrons. The maximum Gasteiger partial charge on any atom is 0.497 e. The topological polar surface area (TPSA) is 40.6 Å². The van der Waals surface area contributed by atoms with E-state index >= 15 is 0 Å². The summed E-state index contributed by atoms with van der Waals surface area (Å²) >= 11 is 0. The number of nitrogens with zero attached hydrogens (tertiary/aromatic N) is 1. The average molecular weight is 399 g/mol. The van der Waals surface area contributed by atoms with Crippen molar-refractivity contribution in [3.05, 3.63) is 36.2 Å². The molecule has 0 N–H and O–H groups in total. The summed E-state index contributed by atoms with van der Waals surface area (Å²) in [6.45, 7) is 20.1. The molecule has 2 aromatic rings. The highest BCUT2D eigenvalue weighted by Crippen LogP contribution is 2.38. The Balaban J connectivity index is 1.95. The number of pyridine rings is 1. The highest BCUT2D eigenvalue weighted by molar-refractivity contribution is 6.74. The molecule has 0 atom stereocenters. The van der Waals surface area contributed by atoms with Gasteiger partial charge in [0, 0.05) is 17.0 Å². The SMILES string of the molecule is CC1(C)OB(c2cnc(CO[Si](C)(C)C(C)(C)C)c3ccccc23)OC1(C)C. The van der Waals surface area contributed by atoms with Crippen molar-refractivity contribution in [3.63, 3.8) is 0 Å². The van der Waals surface area contributed by atoms with Crippen molar-refractivity contribution in [3.8, 4) is 0 Å². The first-order valence-corrected chi connectivity index (χ1v) is 13.0. The Kier molecular flexibility index (Phi) is 5.33. The third-order valence-corrected chi connectivity index (χ3v) is 11.3. The summed E-state index contributed by atoms with van der Waals surface area (Å²) < 4.78 is 19.0. The van der Waals surface area contributed by atoms with E-state index in [0.717, 1.165) is 21.9 Å². The molecule has 1 aromatic heterocycles. The summed E-state index contributed by atoms with van der Waals surface area (Å²) in [5, 5.41) is 2.39. The molecular weight excluding hydrogens is 365 g/mol. The molecular formula is C22H34BNO3Si. The second-order valence-corrected chi connectivity index (χ2v) is 15.2. The fraction of sp³-hybridized carbons (Fsp3) is 0.591. The van der Waals surface area contributed by atoms with Crippen molar-refractivity contribution in [2.24, 2.45) is 0 Å². The summed E-state index contributed by atoms with van der Waals surface area (Å²) in [7, 11) is -2.26. The number of rotatable bonds is 4. The van der Waals surface area contributed by atoms with Crippen LogP contribution < -0.4 is 5.46 Å². The van der Waals surface area contributed by atoms with Crippen LogP contribution in [0.1, 0.15) is 54.2 Å². The maximum absolute atomic E-state index is 6.43. The lowest BCUT2D eigenvalue weighted by Gasteiger charge is -2.36. The van der Waals surface area contributed by atoms with Crippen LogP contribution in [0.3, 0.4) is 0 Å². The van der Waals surface area contributed by atoms with Crippen LogP contribution in [-0.2, 0) is 20.3 Å². The van der Waals surface area contributed by atoms with Gasteiger partial charge in [0.15, 0.2) is 8.32 Å². The molecule has 2 heterocycles. The van der Waals surface area contributed by atoms with E-state index in [4.69, 9.17) is 18.7 Å². The Morgan fingerprint density at radius 1 is 1.00 bits per heavy atom. The first-order chi connectivity index (χ1) is 12.8. The first-order valence-electron chi connectivity index (χ1n) is 10.1. The quantitative estimate of drug-likeness (QED) is 0.674. The van der Waals surface area contributed by atoms with E-state index in [1.165, 1.54) is 0 Å². The molecule has 6 heteroatoms. The minimum absolute atomic E-state index is 0.172. The monoisotopic (exact) mass is 399 g/mol. The summed E-state index contributed by atoms with van der Waals surface area (Å²) in [4.78, 5) is 4.77. The van der Waals surface area contributed by atoms with Gasteiger partial charge in [-0.3, -0.25) is 4.98 Å². The lowest BCUT2D eigenvalue weighted by molar-refractivity contribution is 0.00578. The number of benzene rings is 1. The standard InChI is InChI=1S/C22H34BNO3Si/c1-20(2,3)28(8,9)25-15-19-17-13-11-10-12-16(17)18(14-24-19)23-26-21(4,5)22(6,7)27-23/h10-14H,15H2,1-9H3. The molecule has 0 aliphatic carbocycles. The van der Waals surface area contributed by atoms with E-state index in [1.54, 1.807) is 0 Å². The highest BCUT2D eigenvalue weighted by Gasteiger charge is 2.52. The molecule has 3 rings (SSSR count). The van der Waals surface area contributed by atoms with Gasteiger partial charge in [0.1, 0.15) is 0 Å². The number of fused-ring (bicyclic) bond motifs is 1. The zero-order valence-corrected chi connectivity index (χ0v) is 19.8. The van der Waals surface area contributed by atoms with Crippen molar-refractivity contribution in [1.29, 1.82) is 0 Å². The molecule has 1 aliphatic rings. The molecule has 0 saturated carbocycles. The predicted octanol–water partition coefficient (Wildman–Crippen LogP) is 5.06. The van der Waals surface area contributed by atoms with Gasteiger partial charge in [-0.2, -0.15) is 0 Å². The third kappa shape index (κ3) is 3.80. The minimum Gasteiger partial charge on any atom is -0.411 e. The zero-order chi connectivity index (χ0) is 21.0. The van der Waals surface area contributed by atoms with Gasteiger partial charge in [0.25, 0.3) is 0 Å². The van der Waals surface area contributed by atoms with E-state index in [2.05, 4.69) is 79.8 Å². The normalized spacial score (nSPS) is 19.4. The third-order valence-electron chi connectivity index (χ3n) is 6.79. The molecule has 0 spiro atoms. The van der Waals surface area contributed by atoms with Crippen molar-refractivity contribution in [1.82, 2.24) is 4.98 Å². The second kappa shape index (κ2) is 6.94. The fourth-order valence-electron chi connectivity index (χ4n) is 3.01. The Labute approximate surface area is 171 Å². The molecule has 0 amide bonds. The fourth-order valence-corrected chi connectivity index (χ4v) is 3.94. The van der Waals surface area contributed by atoms with Crippen LogP contribution in [0.4, 0.5) is 0 Å². The molecule has 1 fully saturated rings. The van der Waals surface area contributed by atoms with Gasteiger partial charge in [0.05, 0.1) is 23.5 Å². The second-order valence-electron chi connectivity index (χ2n) is 10.3. The van der Waals surface area contributed by atoms with Crippen LogP contribution in [0.2, 0.25) is 18.1 Å². The molecule has 152 valence electrons. The maximum atomic E-state index is 6.43. The molecule has 4 nitrogen and oxygen atoms in total. The predicted molar refractivity (Wildman–Crippen MR) is 119 cm³/mol. The molecule has 28 heavy (non-hydrogen) atoms. The van der Waals surface area contributed by atoms with Crippen LogP contribution in [-0.4, -0.2) is 31.6 Å². The van der Waals surface area contributed by atoms with Crippen LogP contribution in [0, 0.1) is 0 Å². The number of aromatic nitrogens is 1. The van der Waals surface area contributed by atoms with Crippen LogP contribution in [0.5, 0.6) is 0 Å². The van der Waals surface area contributed by atoms with Gasteiger partial charge in [-0.15, -0.1) is 0 Å². The zero-order valence-electron chi connectivity index (χ0n) is 18.8. The van der Waals surface area contributed by atoms with Crippen molar-refractivity contribution in [2.45, 2.75) is 84.4 Å². The molecule has 1 aliphatic heterocycles. The van der Waals surface area contributed by atoms with E-state index in [9.17, 15) is 0 Å². The summed E-state index contributed by atoms with van der Waals surface area (Å²) in [5.74, 6) is 0. The van der Waals surface area contributed by atoms with Gasteiger partial charge >= 0.3 is 7.12 Å². The smallest absolute Gasteiger partial charge is 0.411 e. The lowest BCUT2D eigenvalue weighted by atomic mass is 9.77. The minimum atomic E-state index is -1.84. The van der Waals surface area contributed by atoms with Gasteiger partial charge in [-0.05, 0) is 51.2 Å². The number of hydrogen-bond donors (Lipinski definition) is 0. The Hall–Kier alpha value is -1.21. The van der Waals surface area contributed by atoms with Gasteiger partial charge in [-0.1, -0.05) is 45.0 Å². The Morgan fingerprint density at radius 2 is 1.54 bits per heavy atom. The summed E-state index contributed by atoms with van der Waals surface area (Å²) in [6, 6.07) is 8.33. The van der Waals surface area contributed by atoms with Crippen LogP contribution >= 0.6 is 0 Å². The average Bonchev–Trinajstić information content (AvgIpc) is 2.79. The van der Waals surface area contributed by atoms with Crippen LogP contribution in [0.25, 0.3) is 10.8 Å². The molecule has 0 bridgehead atoms. The molecule has 0 unspecified atom stereocenters. The Bertz CT molecular complexity index is 858. The van der Waals surface area contributed by atoms with Crippen molar-refractivity contribution < 1.29 is 13.7 Å². The number of hydrogen-bond acceptors (Lipinski definition) is 4. The van der Waals surface area contributed by atoms with Crippen molar-refractivity contribution in [2.75, 3.05) is 0 Å². The van der Waals surface area contributed by atoms with E-state index in [0.29, 0.717) is 6.61 Å². The lowest BCUT2D eigenvalue weighted by Crippen LogP contribution is -2.41. The highest BCUT2D eigenvalue weighted by atomic mass is 28.4. The van der Waals surface area contributed by atoms with E-state index in [-0.39, 0.29) is 16.2 Å². The van der Waals surface area contributed by atoms with E-state index in [1.807, 2.05) is 12.3 Å². The molecule has 1 aromatic carbocycles. The Morgan fingerprint density at radius 3 is 2.07 bits per heavy atom. The van der Waals surface area contributed by atoms with E-state index < -0.39 is 15.4 Å². The van der Waals surface area contributed by atoms with Gasteiger partial charge in [0.2, 0.25) is 0 Å². The summed E-state index contributed by atoms with van der Waals surface area (Å²) in [6.07, 6.45) is 1.90.